The molecular formula is C28H36F2N2O3. The molecule has 2 aromatic carbocycles. The zero-order chi connectivity index (χ0) is 25.8. The predicted octanol–water partition coefficient (Wildman–Crippen LogP) is 6.05. The van der Waals surface area contributed by atoms with Crippen molar-refractivity contribution in [2.75, 3.05) is 20.1 Å². The molecule has 1 fully saturated rings. The third kappa shape index (κ3) is 7.26. The minimum atomic E-state index is -0.554. The van der Waals surface area contributed by atoms with Crippen molar-refractivity contribution in [1.82, 2.24) is 9.80 Å². The van der Waals surface area contributed by atoms with E-state index in [-0.39, 0.29) is 41.9 Å². The number of amides is 2. The number of hydrogen-bond acceptors (Lipinski definition) is 3. The van der Waals surface area contributed by atoms with Crippen LogP contribution in [0.3, 0.4) is 0 Å². The van der Waals surface area contributed by atoms with Gasteiger partial charge in [-0.2, -0.15) is 0 Å². The Morgan fingerprint density at radius 1 is 1.09 bits per heavy atom. The lowest BCUT2D eigenvalue weighted by Crippen LogP contribution is -2.43. The Morgan fingerprint density at radius 3 is 2.31 bits per heavy atom. The van der Waals surface area contributed by atoms with Crippen LogP contribution >= 0.6 is 0 Å². The molecule has 1 unspecified atom stereocenters. The van der Waals surface area contributed by atoms with Crippen molar-refractivity contribution < 1.29 is 23.1 Å². The number of benzene rings is 2. The molecule has 1 saturated heterocycles. The summed E-state index contributed by atoms with van der Waals surface area (Å²) in [5, 5.41) is 0. The van der Waals surface area contributed by atoms with E-state index >= 15 is 0 Å². The summed E-state index contributed by atoms with van der Waals surface area (Å²) in [7, 11) is 1.72. The summed E-state index contributed by atoms with van der Waals surface area (Å²) >= 11 is 0. The maximum atomic E-state index is 13.9. The minimum Gasteiger partial charge on any atom is -0.444 e. The molecule has 1 heterocycles. The molecule has 1 aliphatic heterocycles. The predicted molar refractivity (Wildman–Crippen MR) is 132 cm³/mol. The van der Waals surface area contributed by atoms with Gasteiger partial charge >= 0.3 is 6.09 Å². The van der Waals surface area contributed by atoms with Crippen LogP contribution < -0.4 is 0 Å². The van der Waals surface area contributed by atoms with Crippen LogP contribution in [-0.2, 0) is 16.1 Å². The molecule has 0 aromatic heterocycles. The van der Waals surface area contributed by atoms with Crippen molar-refractivity contribution in [3.8, 4) is 0 Å². The zero-order valence-corrected chi connectivity index (χ0v) is 21.3. The third-order valence-corrected chi connectivity index (χ3v) is 6.67. The molecule has 1 atom stereocenters. The fraction of sp³-hybridized carbons (Fsp3) is 0.500. The first-order chi connectivity index (χ1) is 16.4. The smallest absolute Gasteiger partial charge is 0.410 e. The lowest BCUT2D eigenvalue weighted by atomic mass is 9.78. The third-order valence-electron chi connectivity index (χ3n) is 6.67. The van der Waals surface area contributed by atoms with E-state index in [4.69, 9.17) is 4.74 Å². The van der Waals surface area contributed by atoms with Gasteiger partial charge in [0, 0.05) is 33.1 Å². The second-order valence-corrected chi connectivity index (χ2v) is 10.4. The van der Waals surface area contributed by atoms with Gasteiger partial charge in [-0.15, -0.1) is 0 Å². The standard InChI is InChI=1S/C28H36F2N2O3/c1-19-22(7-6-8-25(19)30)18-31(5)26(33)17-24(20-9-11-23(29)12-10-20)21-13-15-32(16-14-21)27(34)35-28(2,3)4/h6-12,21,24H,13-18H2,1-5H3. The number of ether oxygens (including phenoxy) is 1. The molecule has 2 aromatic rings. The Balaban J connectivity index is 1.71. The molecule has 0 saturated carbocycles. The van der Waals surface area contributed by atoms with Crippen LogP contribution in [0.2, 0.25) is 0 Å². The van der Waals surface area contributed by atoms with Crippen molar-refractivity contribution in [1.29, 1.82) is 0 Å². The molecule has 7 heteroatoms. The highest BCUT2D eigenvalue weighted by molar-refractivity contribution is 5.77. The van der Waals surface area contributed by atoms with Crippen LogP contribution in [-0.4, -0.2) is 47.5 Å². The van der Waals surface area contributed by atoms with Gasteiger partial charge < -0.3 is 14.5 Å². The van der Waals surface area contributed by atoms with Crippen LogP contribution in [0.5, 0.6) is 0 Å². The summed E-state index contributed by atoms with van der Waals surface area (Å²) in [6, 6.07) is 11.2. The normalized spacial score (nSPS) is 15.6. The largest absolute Gasteiger partial charge is 0.444 e. The van der Waals surface area contributed by atoms with Gasteiger partial charge in [0.2, 0.25) is 5.91 Å². The monoisotopic (exact) mass is 486 g/mol. The van der Waals surface area contributed by atoms with Crippen molar-refractivity contribution >= 4 is 12.0 Å². The fourth-order valence-corrected chi connectivity index (χ4v) is 4.59. The molecule has 3 rings (SSSR count). The Bertz CT molecular complexity index is 1030. The lowest BCUT2D eigenvalue weighted by molar-refractivity contribution is -0.131. The summed E-state index contributed by atoms with van der Waals surface area (Å²) in [6.07, 6.45) is 1.38. The molecule has 0 N–H and O–H groups in total. The Morgan fingerprint density at radius 2 is 1.71 bits per heavy atom. The molecule has 0 bridgehead atoms. The van der Waals surface area contributed by atoms with Crippen molar-refractivity contribution in [3.05, 3.63) is 70.8 Å². The number of likely N-dealkylation sites (tertiary alicyclic amines) is 1. The zero-order valence-electron chi connectivity index (χ0n) is 21.3. The van der Waals surface area contributed by atoms with E-state index in [0.29, 0.717) is 25.2 Å². The van der Waals surface area contributed by atoms with Gasteiger partial charge in [0.05, 0.1) is 0 Å². The maximum absolute atomic E-state index is 13.9. The molecule has 35 heavy (non-hydrogen) atoms. The highest BCUT2D eigenvalue weighted by Crippen LogP contribution is 2.36. The molecule has 0 radical (unpaired) electrons. The summed E-state index contributed by atoms with van der Waals surface area (Å²) in [4.78, 5) is 29.0. The van der Waals surface area contributed by atoms with Gasteiger partial charge in [0.15, 0.2) is 0 Å². The molecule has 190 valence electrons. The van der Waals surface area contributed by atoms with E-state index in [9.17, 15) is 18.4 Å². The second kappa shape index (κ2) is 11.2. The molecule has 0 spiro atoms. The minimum absolute atomic E-state index is 0.0578. The second-order valence-electron chi connectivity index (χ2n) is 10.4. The van der Waals surface area contributed by atoms with Crippen molar-refractivity contribution in [2.45, 2.75) is 65.0 Å². The van der Waals surface area contributed by atoms with Crippen molar-refractivity contribution in [2.24, 2.45) is 5.92 Å². The van der Waals surface area contributed by atoms with Crippen LogP contribution in [0.4, 0.5) is 13.6 Å². The molecule has 2 amide bonds. The highest BCUT2D eigenvalue weighted by atomic mass is 19.1. The Kier molecular flexibility index (Phi) is 8.51. The van der Waals surface area contributed by atoms with Crippen LogP contribution in [0.15, 0.2) is 42.5 Å². The first-order valence-corrected chi connectivity index (χ1v) is 12.2. The fourth-order valence-electron chi connectivity index (χ4n) is 4.59. The SMILES string of the molecule is Cc1c(F)cccc1CN(C)C(=O)CC(c1ccc(F)cc1)C1CCN(C(=O)OC(C)(C)C)CC1. The Labute approximate surface area is 207 Å². The highest BCUT2D eigenvalue weighted by Gasteiger charge is 2.33. The number of nitrogens with zero attached hydrogens (tertiary/aromatic N) is 2. The quantitative estimate of drug-likeness (QED) is 0.499. The van der Waals surface area contributed by atoms with Gasteiger partial charge in [0.25, 0.3) is 0 Å². The van der Waals surface area contributed by atoms with Crippen LogP contribution in [0.1, 0.15) is 62.6 Å². The van der Waals surface area contributed by atoms with Gasteiger partial charge in [-0.25, -0.2) is 13.6 Å². The maximum Gasteiger partial charge on any atom is 0.410 e. The van der Waals surface area contributed by atoms with Crippen molar-refractivity contribution in [3.63, 3.8) is 0 Å². The topological polar surface area (TPSA) is 49.9 Å². The summed E-state index contributed by atoms with van der Waals surface area (Å²) in [6.45, 7) is 8.65. The number of rotatable bonds is 6. The molecule has 5 nitrogen and oxygen atoms in total. The van der Waals surface area contributed by atoms with Gasteiger partial charge in [-0.3, -0.25) is 4.79 Å². The van der Waals surface area contributed by atoms with Crippen LogP contribution in [0.25, 0.3) is 0 Å². The average Bonchev–Trinajstić information content (AvgIpc) is 2.80. The van der Waals surface area contributed by atoms with E-state index < -0.39 is 5.60 Å². The van der Waals surface area contributed by atoms with Crippen LogP contribution in [0, 0.1) is 24.5 Å². The number of hydrogen-bond donors (Lipinski definition) is 0. The van der Waals surface area contributed by atoms with Gasteiger partial charge in [-0.05, 0) is 87.3 Å². The van der Waals surface area contributed by atoms with Gasteiger partial charge in [0.1, 0.15) is 17.2 Å². The van der Waals surface area contributed by atoms with Gasteiger partial charge in [-0.1, -0.05) is 24.3 Å². The molecule has 1 aliphatic rings. The average molecular weight is 487 g/mol. The van der Waals surface area contributed by atoms with E-state index in [1.54, 1.807) is 42.0 Å². The Hall–Kier alpha value is -2.96. The lowest BCUT2D eigenvalue weighted by Gasteiger charge is -2.37. The summed E-state index contributed by atoms with van der Waals surface area (Å²) < 4.78 is 33.1. The van der Waals surface area contributed by atoms with E-state index in [2.05, 4.69) is 0 Å². The number of carbonyl (C=O) groups excluding carboxylic acids is 2. The number of halogens is 2. The first-order valence-electron chi connectivity index (χ1n) is 12.2. The van der Waals surface area contributed by atoms with E-state index in [0.717, 1.165) is 24.0 Å². The number of carbonyl (C=O) groups is 2. The first kappa shape index (κ1) is 26.6. The number of piperidine rings is 1. The van der Waals surface area contributed by atoms with E-state index in [1.165, 1.54) is 18.2 Å². The molecule has 0 aliphatic carbocycles. The summed E-state index contributed by atoms with van der Waals surface area (Å²) in [5.74, 6) is -0.619. The summed E-state index contributed by atoms with van der Waals surface area (Å²) in [5.41, 5.74) is 1.66. The van der Waals surface area contributed by atoms with E-state index in [1.807, 2.05) is 26.8 Å². The molecular weight excluding hydrogens is 450 g/mol.